The van der Waals surface area contributed by atoms with Gasteiger partial charge in [0.15, 0.2) is 5.65 Å². The lowest BCUT2D eigenvalue weighted by atomic mass is 9.92. The minimum absolute atomic E-state index is 0.0243. The van der Waals surface area contributed by atoms with Gasteiger partial charge in [0.2, 0.25) is 11.8 Å². The summed E-state index contributed by atoms with van der Waals surface area (Å²) >= 11 is 0. The molecule has 0 unspecified atom stereocenters. The molecule has 2 rings (SSSR count). The molecular formula is C19H31N5O2. The van der Waals surface area contributed by atoms with Gasteiger partial charge in [-0.25, -0.2) is 9.67 Å². The fourth-order valence-corrected chi connectivity index (χ4v) is 3.47. The molecular weight excluding hydrogens is 330 g/mol. The highest BCUT2D eigenvalue weighted by Gasteiger charge is 2.26. The number of fused-ring (bicyclic) bond motifs is 1. The third-order valence-electron chi connectivity index (χ3n) is 5.47. The van der Waals surface area contributed by atoms with Crippen molar-refractivity contribution in [2.75, 3.05) is 13.7 Å². The van der Waals surface area contributed by atoms with E-state index >= 15 is 0 Å². The summed E-state index contributed by atoms with van der Waals surface area (Å²) in [5.74, 6) is 0.591. The molecule has 0 spiro atoms. The second kappa shape index (κ2) is 8.03. The summed E-state index contributed by atoms with van der Waals surface area (Å²) in [6.07, 6.45) is 2.67. The van der Waals surface area contributed by atoms with E-state index in [0.717, 1.165) is 40.7 Å². The van der Waals surface area contributed by atoms with Gasteiger partial charge in [0.1, 0.15) is 0 Å². The van der Waals surface area contributed by atoms with Crippen molar-refractivity contribution in [3.05, 3.63) is 16.8 Å². The standard InChI is InChI=1S/C19H31N5O2/c1-7-19(8-2,11-20)22-15(25)10-9-14-12(3)16-17(21-13(14)4)24(5)23-18(16)26-6/h7-11,20H2,1-6H3,(H,22,25). The molecule has 0 aliphatic heterocycles. The summed E-state index contributed by atoms with van der Waals surface area (Å²) in [6, 6.07) is 0. The Morgan fingerprint density at radius 3 is 2.50 bits per heavy atom. The molecule has 0 saturated heterocycles. The molecule has 0 aromatic carbocycles. The predicted octanol–water partition coefficient (Wildman–Crippen LogP) is 2.16. The fraction of sp³-hybridized carbons (Fsp3) is 0.632. The third kappa shape index (κ3) is 3.67. The lowest BCUT2D eigenvalue weighted by Crippen LogP contribution is -2.52. The van der Waals surface area contributed by atoms with Crippen molar-refractivity contribution in [2.45, 2.75) is 58.9 Å². The predicted molar refractivity (Wildman–Crippen MR) is 103 cm³/mol. The van der Waals surface area contributed by atoms with Crippen molar-refractivity contribution in [2.24, 2.45) is 12.8 Å². The monoisotopic (exact) mass is 361 g/mol. The van der Waals surface area contributed by atoms with E-state index < -0.39 is 0 Å². The Morgan fingerprint density at radius 2 is 1.96 bits per heavy atom. The molecule has 2 aromatic heterocycles. The van der Waals surface area contributed by atoms with E-state index in [-0.39, 0.29) is 11.4 Å². The first-order valence-corrected chi connectivity index (χ1v) is 9.20. The van der Waals surface area contributed by atoms with Crippen LogP contribution < -0.4 is 15.8 Å². The smallest absolute Gasteiger partial charge is 0.242 e. The van der Waals surface area contributed by atoms with Gasteiger partial charge in [0.05, 0.1) is 18.0 Å². The van der Waals surface area contributed by atoms with Crippen molar-refractivity contribution in [1.82, 2.24) is 20.1 Å². The summed E-state index contributed by atoms with van der Waals surface area (Å²) in [4.78, 5) is 17.2. The number of ether oxygens (including phenoxy) is 1. The highest BCUT2D eigenvalue weighted by atomic mass is 16.5. The molecule has 0 radical (unpaired) electrons. The number of amides is 1. The molecule has 0 aliphatic carbocycles. The number of rotatable bonds is 8. The maximum absolute atomic E-state index is 12.5. The summed E-state index contributed by atoms with van der Waals surface area (Å²) < 4.78 is 7.12. The Hall–Kier alpha value is -2.15. The number of hydrogen-bond acceptors (Lipinski definition) is 5. The highest BCUT2D eigenvalue weighted by Crippen LogP contribution is 2.30. The molecule has 26 heavy (non-hydrogen) atoms. The fourth-order valence-electron chi connectivity index (χ4n) is 3.47. The Bertz CT molecular complexity index is 785. The van der Waals surface area contributed by atoms with Crippen molar-refractivity contribution in [3.63, 3.8) is 0 Å². The number of nitrogens with zero attached hydrogens (tertiary/aromatic N) is 3. The lowest BCUT2D eigenvalue weighted by molar-refractivity contribution is -0.123. The minimum atomic E-state index is -0.310. The molecule has 0 atom stereocenters. The second-order valence-corrected chi connectivity index (χ2v) is 6.87. The quantitative estimate of drug-likeness (QED) is 0.751. The number of carbonyl (C=O) groups is 1. The van der Waals surface area contributed by atoms with Gasteiger partial charge in [0, 0.05) is 25.7 Å². The zero-order valence-electron chi connectivity index (χ0n) is 16.8. The van der Waals surface area contributed by atoms with Crippen LogP contribution in [0.1, 0.15) is 49.9 Å². The van der Waals surface area contributed by atoms with Crippen molar-refractivity contribution in [3.8, 4) is 5.88 Å². The van der Waals surface area contributed by atoms with Crippen LogP contribution in [0.5, 0.6) is 5.88 Å². The molecule has 2 heterocycles. The van der Waals surface area contributed by atoms with E-state index in [1.165, 1.54) is 0 Å². The van der Waals surface area contributed by atoms with Crippen molar-refractivity contribution < 1.29 is 9.53 Å². The number of nitrogens with one attached hydrogen (secondary N) is 1. The largest absolute Gasteiger partial charge is 0.479 e. The van der Waals surface area contributed by atoms with Gasteiger partial charge >= 0.3 is 0 Å². The maximum Gasteiger partial charge on any atom is 0.242 e. The van der Waals surface area contributed by atoms with Crippen LogP contribution in [0.4, 0.5) is 0 Å². The number of pyridine rings is 1. The van der Waals surface area contributed by atoms with Crippen molar-refractivity contribution in [1.29, 1.82) is 0 Å². The summed E-state index contributed by atoms with van der Waals surface area (Å²) in [5, 5.41) is 8.41. The minimum Gasteiger partial charge on any atom is -0.479 e. The van der Waals surface area contributed by atoms with E-state index in [4.69, 9.17) is 10.5 Å². The number of aryl methyl sites for hydroxylation is 3. The lowest BCUT2D eigenvalue weighted by Gasteiger charge is -2.31. The van der Waals surface area contributed by atoms with E-state index in [2.05, 4.69) is 29.2 Å². The highest BCUT2D eigenvalue weighted by molar-refractivity contribution is 5.86. The first-order valence-electron chi connectivity index (χ1n) is 9.20. The molecule has 3 N–H and O–H groups in total. The first-order chi connectivity index (χ1) is 12.3. The number of aromatic nitrogens is 3. The van der Waals surface area contributed by atoms with E-state index in [0.29, 0.717) is 25.3 Å². The van der Waals surface area contributed by atoms with Gasteiger partial charge in [-0.1, -0.05) is 13.8 Å². The van der Waals surface area contributed by atoms with Gasteiger partial charge < -0.3 is 15.8 Å². The van der Waals surface area contributed by atoms with Crippen LogP contribution in [-0.4, -0.2) is 39.9 Å². The van der Waals surface area contributed by atoms with E-state index in [1.807, 2.05) is 20.9 Å². The van der Waals surface area contributed by atoms with Gasteiger partial charge in [-0.05, 0) is 44.2 Å². The molecule has 7 heteroatoms. The number of methoxy groups -OCH3 is 1. The van der Waals surface area contributed by atoms with Crippen LogP contribution in [0.15, 0.2) is 0 Å². The SMILES string of the molecule is CCC(CC)(CN)NC(=O)CCc1c(C)nc2c(c(OC)nn2C)c1C. The maximum atomic E-state index is 12.5. The summed E-state index contributed by atoms with van der Waals surface area (Å²) in [6.45, 7) is 8.57. The first kappa shape index (κ1) is 20.2. The van der Waals surface area contributed by atoms with Crippen LogP contribution in [-0.2, 0) is 18.3 Å². The number of carbonyl (C=O) groups excluding carboxylic acids is 1. The molecule has 2 aromatic rings. The molecule has 7 nitrogen and oxygen atoms in total. The molecule has 0 saturated carbocycles. The summed E-state index contributed by atoms with van der Waals surface area (Å²) in [5.41, 5.74) is 9.43. The van der Waals surface area contributed by atoms with Crippen LogP contribution in [0.2, 0.25) is 0 Å². The molecule has 144 valence electrons. The molecule has 1 amide bonds. The average Bonchev–Trinajstić information content (AvgIpc) is 2.95. The van der Waals surface area contributed by atoms with Crippen LogP contribution in [0.3, 0.4) is 0 Å². The number of nitrogens with two attached hydrogens (primary N) is 1. The molecule has 0 fully saturated rings. The topological polar surface area (TPSA) is 95.1 Å². The second-order valence-electron chi connectivity index (χ2n) is 6.87. The van der Waals surface area contributed by atoms with Gasteiger partial charge in [0.25, 0.3) is 0 Å². The van der Waals surface area contributed by atoms with Gasteiger partial charge in [-0.2, -0.15) is 0 Å². The van der Waals surface area contributed by atoms with Gasteiger partial charge in [-0.15, -0.1) is 5.10 Å². The summed E-state index contributed by atoms with van der Waals surface area (Å²) in [7, 11) is 3.46. The third-order valence-corrected chi connectivity index (χ3v) is 5.47. The van der Waals surface area contributed by atoms with Crippen LogP contribution >= 0.6 is 0 Å². The zero-order chi connectivity index (χ0) is 19.5. The van der Waals surface area contributed by atoms with E-state index in [1.54, 1.807) is 11.8 Å². The Balaban J connectivity index is 2.25. The zero-order valence-corrected chi connectivity index (χ0v) is 16.8. The number of hydrogen-bond donors (Lipinski definition) is 2. The molecule has 0 aliphatic rings. The Morgan fingerprint density at radius 1 is 1.31 bits per heavy atom. The Kier molecular flexibility index (Phi) is 6.23. The molecule has 0 bridgehead atoms. The normalized spacial score (nSPS) is 11.8. The van der Waals surface area contributed by atoms with Gasteiger partial charge in [-0.3, -0.25) is 4.79 Å². The Labute approximate surface area is 155 Å². The van der Waals surface area contributed by atoms with E-state index in [9.17, 15) is 4.79 Å². The van der Waals surface area contributed by atoms with Crippen LogP contribution in [0.25, 0.3) is 11.0 Å². The van der Waals surface area contributed by atoms with Crippen molar-refractivity contribution >= 4 is 16.9 Å². The average molecular weight is 361 g/mol. The van der Waals surface area contributed by atoms with Crippen LogP contribution in [0, 0.1) is 13.8 Å².